The molecule has 2 aliphatic rings. The number of aromatic nitrogens is 2. The third-order valence-corrected chi connectivity index (χ3v) is 4.51. The lowest BCUT2D eigenvalue weighted by atomic mass is 10.1. The van der Waals surface area contributed by atoms with Crippen LogP contribution in [0.2, 0.25) is 0 Å². The van der Waals surface area contributed by atoms with Gasteiger partial charge in [-0.05, 0) is 12.8 Å². The molecule has 21 heavy (non-hydrogen) atoms. The van der Waals surface area contributed by atoms with Crippen molar-refractivity contribution in [2.75, 3.05) is 13.1 Å². The van der Waals surface area contributed by atoms with Gasteiger partial charge in [0.15, 0.2) is 0 Å². The number of nitrogens with zero attached hydrogens (tertiary/aromatic N) is 2. The predicted octanol–water partition coefficient (Wildman–Crippen LogP) is 0.859. The third-order valence-electron chi connectivity index (χ3n) is 4.51. The van der Waals surface area contributed by atoms with Crippen LogP contribution in [-0.2, 0) is 16.0 Å². The van der Waals surface area contributed by atoms with Crippen molar-refractivity contribution in [2.24, 2.45) is 5.92 Å². The third kappa shape index (κ3) is 3.25. The minimum Gasteiger partial charge on any atom is -0.355 e. The molecule has 0 bridgehead atoms. The predicted molar refractivity (Wildman–Crippen MR) is 77.4 cm³/mol. The quantitative estimate of drug-likeness (QED) is 0.844. The van der Waals surface area contributed by atoms with Crippen LogP contribution in [-0.4, -0.2) is 45.8 Å². The largest absolute Gasteiger partial charge is 0.355 e. The number of carbonyl (C=O) groups is 2. The Balaban J connectivity index is 1.46. The number of likely N-dealkylation sites (tertiary alicyclic amines) is 1. The highest BCUT2D eigenvalue weighted by Crippen LogP contribution is 2.29. The topological polar surface area (TPSA) is 78.1 Å². The fraction of sp³-hybridized carbons (Fsp3) is 0.667. The Morgan fingerprint density at radius 2 is 2.24 bits per heavy atom. The van der Waals surface area contributed by atoms with Gasteiger partial charge in [0.1, 0.15) is 5.82 Å². The van der Waals surface area contributed by atoms with Crippen LogP contribution in [0.25, 0.3) is 0 Å². The van der Waals surface area contributed by atoms with Gasteiger partial charge in [-0.1, -0.05) is 12.8 Å². The van der Waals surface area contributed by atoms with Crippen LogP contribution in [0.15, 0.2) is 12.4 Å². The Hall–Kier alpha value is -1.85. The van der Waals surface area contributed by atoms with E-state index in [2.05, 4.69) is 15.3 Å². The number of aromatic amines is 1. The van der Waals surface area contributed by atoms with E-state index < -0.39 is 0 Å². The van der Waals surface area contributed by atoms with E-state index in [-0.39, 0.29) is 17.7 Å². The van der Waals surface area contributed by atoms with Crippen LogP contribution in [0, 0.1) is 5.92 Å². The van der Waals surface area contributed by atoms with E-state index in [1.165, 1.54) is 12.8 Å². The lowest BCUT2D eigenvalue weighted by Crippen LogP contribution is -2.37. The zero-order chi connectivity index (χ0) is 14.7. The highest BCUT2D eigenvalue weighted by Gasteiger charge is 2.38. The lowest BCUT2D eigenvalue weighted by Gasteiger charge is -2.23. The van der Waals surface area contributed by atoms with Crippen molar-refractivity contribution in [3.63, 3.8) is 0 Å². The molecule has 0 aromatic carbocycles. The van der Waals surface area contributed by atoms with E-state index in [1.807, 2.05) is 4.90 Å². The minimum absolute atomic E-state index is 0.00426. The van der Waals surface area contributed by atoms with Crippen LogP contribution in [0.5, 0.6) is 0 Å². The molecule has 1 saturated carbocycles. The molecule has 1 saturated heterocycles. The van der Waals surface area contributed by atoms with E-state index in [9.17, 15) is 9.59 Å². The summed E-state index contributed by atoms with van der Waals surface area (Å²) in [4.78, 5) is 33.3. The number of carbonyl (C=O) groups excluding carboxylic acids is 2. The Bertz CT molecular complexity index is 494. The summed E-state index contributed by atoms with van der Waals surface area (Å²) >= 11 is 0. The maximum absolute atomic E-state index is 12.2. The molecule has 1 atom stereocenters. The van der Waals surface area contributed by atoms with Gasteiger partial charge in [-0.2, -0.15) is 0 Å². The van der Waals surface area contributed by atoms with Crippen molar-refractivity contribution in [3.05, 3.63) is 18.2 Å². The second-order valence-electron chi connectivity index (χ2n) is 5.96. The second kappa shape index (κ2) is 6.28. The zero-order valence-corrected chi connectivity index (χ0v) is 12.2. The van der Waals surface area contributed by atoms with E-state index in [1.54, 1.807) is 12.4 Å². The number of imidazole rings is 1. The van der Waals surface area contributed by atoms with Gasteiger partial charge in [-0.3, -0.25) is 9.59 Å². The summed E-state index contributed by atoms with van der Waals surface area (Å²) in [5, 5.41) is 2.92. The molecular formula is C15H22N4O2. The average molecular weight is 290 g/mol. The van der Waals surface area contributed by atoms with Gasteiger partial charge in [0, 0.05) is 44.4 Å². The molecule has 0 radical (unpaired) electrons. The van der Waals surface area contributed by atoms with Crippen molar-refractivity contribution in [1.29, 1.82) is 0 Å². The Labute approximate surface area is 124 Å². The van der Waals surface area contributed by atoms with Gasteiger partial charge in [0.25, 0.3) is 0 Å². The molecule has 2 N–H and O–H groups in total. The molecule has 1 aromatic heterocycles. The van der Waals surface area contributed by atoms with Gasteiger partial charge >= 0.3 is 0 Å². The summed E-state index contributed by atoms with van der Waals surface area (Å²) < 4.78 is 0. The first kappa shape index (κ1) is 14.1. The van der Waals surface area contributed by atoms with E-state index >= 15 is 0 Å². The molecule has 1 aliphatic heterocycles. The van der Waals surface area contributed by atoms with E-state index in [4.69, 9.17) is 0 Å². The minimum atomic E-state index is -0.185. The number of amides is 2. The molecule has 0 spiro atoms. The van der Waals surface area contributed by atoms with E-state index in [0.717, 1.165) is 18.7 Å². The Morgan fingerprint density at radius 3 is 2.95 bits per heavy atom. The Kier molecular flexibility index (Phi) is 4.22. The van der Waals surface area contributed by atoms with Crippen LogP contribution in [0.1, 0.15) is 37.9 Å². The summed E-state index contributed by atoms with van der Waals surface area (Å²) in [7, 11) is 0. The van der Waals surface area contributed by atoms with Gasteiger partial charge in [0.2, 0.25) is 11.8 Å². The van der Waals surface area contributed by atoms with Crippen molar-refractivity contribution < 1.29 is 9.59 Å². The highest BCUT2D eigenvalue weighted by molar-refractivity contribution is 5.89. The fourth-order valence-corrected chi connectivity index (χ4v) is 3.36. The van der Waals surface area contributed by atoms with Crippen molar-refractivity contribution in [3.8, 4) is 0 Å². The first-order valence-corrected chi connectivity index (χ1v) is 7.79. The first-order chi connectivity index (χ1) is 10.2. The summed E-state index contributed by atoms with van der Waals surface area (Å²) in [5.41, 5.74) is 0. The highest BCUT2D eigenvalue weighted by atomic mass is 16.2. The van der Waals surface area contributed by atoms with Crippen LogP contribution in [0.4, 0.5) is 0 Å². The number of hydrogen-bond donors (Lipinski definition) is 2. The summed E-state index contributed by atoms with van der Waals surface area (Å²) in [6, 6.07) is 0.374. The van der Waals surface area contributed by atoms with E-state index in [0.29, 0.717) is 32.0 Å². The van der Waals surface area contributed by atoms with Crippen LogP contribution < -0.4 is 5.32 Å². The summed E-state index contributed by atoms with van der Waals surface area (Å²) in [6.07, 6.45) is 9.12. The second-order valence-corrected chi connectivity index (χ2v) is 5.96. The van der Waals surface area contributed by atoms with Crippen LogP contribution in [0.3, 0.4) is 0 Å². The molecule has 2 amide bonds. The number of hydrogen-bond acceptors (Lipinski definition) is 3. The standard InChI is InChI=1S/C15H22N4O2/c20-14-9-11(10-19(14)12-3-1-2-4-12)15(21)18-6-5-13-16-7-8-17-13/h7-8,11-12H,1-6,9-10H2,(H,16,17)(H,18,21). The van der Waals surface area contributed by atoms with Gasteiger partial charge < -0.3 is 15.2 Å². The average Bonchev–Trinajstić information content (AvgIpc) is 3.19. The maximum Gasteiger partial charge on any atom is 0.225 e. The van der Waals surface area contributed by atoms with Crippen LogP contribution >= 0.6 is 0 Å². The molecule has 2 heterocycles. The van der Waals surface area contributed by atoms with Gasteiger partial charge in [-0.15, -0.1) is 0 Å². The lowest BCUT2D eigenvalue weighted by molar-refractivity contribution is -0.130. The summed E-state index contributed by atoms with van der Waals surface area (Å²) in [5.74, 6) is 0.823. The maximum atomic E-state index is 12.2. The van der Waals surface area contributed by atoms with Crippen molar-refractivity contribution >= 4 is 11.8 Å². The molecule has 6 nitrogen and oxygen atoms in total. The fourth-order valence-electron chi connectivity index (χ4n) is 3.36. The van der Waals surface area contributed by atoms with Crippen molar-refractivity contribution in [2.45, 2.75) is 44.6 Å². The molecule has 6 heteroatoms. The number of rotatable bonds is 5. The number of nitrogens with one attached hydrogen (secondary N) is 2. The zero-order valence-electron chi connectivity index (χ0n) is 12.2. The monoisotopic (exact) mass is 290 g/mol. The normalized spacial score (nSPS) is 23.0. The molecule has 114 valence electrons. The molecule has 1 aliphatic carbocycles. The SMILES string of the molecule is O=C(NCCc1ncc[nH]1)C1CC(=O)N(C2CCCC2)C1. The molecular weight excluding hydrogens is 268 g/mol. The smallest absolute Gasteiger partial charge is 0.225 e. The first-order valence-electron chi connectivity index (χ1n) is 7.79. The van der Waals surface area contributed by atoms with Gasteiger partial charge in [-0.25, -0.2) is 4.98 Å². The molecule has 2 fully saturated rings. The van der Waals surface area contributed by atoms with Crippen molar-refractivity contribution in [1.82, 2.24) is 20.2 Å². The molecule has 1 aromatic rings. The molecule has 3 rings (SSSR count). The van der Waals surface area contributed by atoms with Gasteiger partial charge in [0.05, 0.1) is 5.92 Å². The summed E-state index contributed by atoms with van der Waals surface area (Å²) in [6.45, 7) is 1.15. The molecule has 1 unspecified atom stereocenters. The Morgan fingerprint density at radius 1 is 1.43 bits per heavy atom. The number of H-pyrrole nitrogens is 1.